The van der Waals surface area contributed by atoms with E-state index in [4.69, 9.17) is 5.26 Å². The van der Waals surface area contributed by atoms with Crippen molar-refractivity contribution in [3.63, 3.8) is 0 Å². The molecule has 0 spiro atoms. The lowest BCUT2D eigenvalue weighted by molar-refractivity contribution is -0.385. The van der Waals surface area contributed by atoms with E-state index >= 15 is 0 Å². The quantitative estimate of drug-likeness (QED) is 0.477. The smallest absolute Gasteiger partial charge is 0.287 e. The molecule has 0 aliphatic heterocycles. The average molecular weight is 217 g/mol. The van der Waals surface area contributed by atoms with Gasteiger partial charge in [-0.15, -0.1) is 0 Å². The molecule has 0 aliphatic carbocycles. The predicted octanol–water partition coefficient (Wildman–Crippen LogP) is 2.45. The highest BCUT2D eigenvalue weighted by atomic mass is 16.6. The van der Waals surface area contributed by atoms with Gasteiger partial charge in [-0.25, -0.2) is 0 Å². The van der Waals surface area contributed by atoms with Crippen LogP contribution in [0.15, 0.2) is 30.4 Å². The molecule has 82 valence electrons. The van der Waals surface area contributed by atoms with Gasteiger partial charge in [0.15, 0.2) is 0 Å². The van der Waals surface area contributed by atoms with E-state index in [0.717, 1.165) is 5.57 Å². The monoisotopic (exact) mass is 217 g/mol. The minimum atomic E-state index is -0.568. The number of rotatable bonds is 4. The van der Waals surface area contributed by atoms with Crippen LogP contribution in [0.5, 0.6) is 0 Å². The summed E-state index contributed by atoms with van der Waals surface area (Å²) in [6, 6.07) is 6.15. The fourth-order valence-electron chi connectivity index (χ4n) is 1.15. The first-order valence-corrected chi connectivity index (χ1v) is 4.61. The van der Waals surface area contributed by atoms with Crippen LogP contribution in [-0.4, -0.2) is 11.5 Å². The summed E-state index contributed by atoms with van der Waals surface area (Å²) in [5.41, 5.74) is 1.49. The second-order valence-electron chi connectivity index (χ2n) is 3.41. The summed E-state index contributed by atoms with van der Waals surface area (Å²) in [5, 5.41) is 22.4. The molecular weight excluding hydrogens is 206 g/mol. The van der Waals surface area contributed by atoms with Crippen LogP contribution in [0.3, 0.4) is 0 Å². The number of nitrogens with one attached hydrogen (secondary N) is 1. The molecule has 0 saturated carbocycles. The van der Waals surface area contributed by atoms with Crippen LogP contribution in [0.1, 0.15) is 12.5 Å². The Hall–Kier alpha value is -2.35. The summed E-state index contributed by atoms with van der Waals surface area (Å²) >= 11 is 0. The molecule has 0 atom stereocenters. The van der Waals surface area contributed by atoms with E-state index in [1.54, 1.807) is 12.1 Å². The summed E-state index contributed by atoms with van der Waals surface area (Å²) in [6.07, 6.45) is 0. The van der Waals surface area contributed by atoms with Crippen molar-refractivity contribution < 1.29 is 4.92 Å². The first kappa shape index (κ1) is 11.7. The van der Waals surface area contributed by atoms with Gasteiger partial charge in [-0.1, -0.05) is 12.2 Å². The van der Waals surface area contributed by atoms with Crippen LogP contribution in [0.2, 0.25) is 0 Å². The highest BCUT2D eigenvalue weighted by Gasteiger charge is 2.13. The van der Waals surface area contributed by atoms with Gasteiger partial charge in [0.05, 0.1) is 4.92 Å². The second kappa shape index (κ2) is 4.94. The first-order valence-electron chi connectivity index (χ1n) is 4.61. The van der Waals surface area contributed by atoms with Crippen LogP contribution in [0, 0.1) is 21.4 Å². The Labute approximate surface area is 93.2 Å². The van der Waals surface area contributed by atoms with Crippen LogP contribution in [0.4, 0.5) is 11.4 Å². The standard InChI is InChI=1S/C11H11N3O2/c1-8(2)7-13-10-3-4-11(14(15)16)9(5-10)6-12/h3-5,13H,1,7H2,2H3. The fourth-order valence-corrected chi connectivity index (χ4v) is 1.15. The molecule has 0 unspecified atom stereocenters. The zero-order valence-electron chi connectivity index (χ0n) is 8.86. The van der Waals surface area contributed by atoms with Gasteiger partial charge in [0.1, 0.15) is 11.6 Å². The van der Waals surface area contributed by atoms with Gasteiger partial charge in [-0.3, -0.25) is 10.1 Å². The van der Waals surface area contributed by atoms with Gasteiger partial charge in [-0.2, -0.15) is 5.26 Å². The molecule has 16 heavy (non-hydrogen) atoms. The Morgan fingerprint density at radius 1 is 1.69 bits per heavy atom. The molecule has 0 radical (unpaired) electrons. The molecule has 0 heterocycles. The number of nitro benzene ring substituents is 1. The van der Waals surface area contributed by atoms with Crippen molar-refractivity contribution >= 4 is 11.4 Å². The summed E-state index contributed by atoms with van der Waals surface area (Å²) < 4.78 is 0. The number of nitrogens with zero attached hydrogens (tertiary/aromatic N) is 2. The SMILES string of the molecule is C=C(C)CNc1ccc([N+](=O)[O-])c(C#N)c1. The molecule has 0 aliphatic rings. The average Bonchev–Trinajstić information content (AvgIpc) is 2.25. The van der Waals surface area contributed by atoms with Crippen LogP contribution in [0.25, 0.3) is 0 Å². The Bertz CT molecular complexity index is 475. The molecule has 0 bridgehead atoms. The van der Waals surface area contributed by atoms with Gasteiger partial charge >= 0.3 is 0 Å². The Morgan fingerprint density at radius 3 is 2.88 bits per heavy atom. The number of anilines is 1. The van der Waals surface area contributed by atoms with E-state index in [9.17, 15) is 10.1 Å². The number of nitro groups is 1. The van der Waals surface area contributed by atoms with Crippen molar-refractivity contribution in [3.8, 4) is 6.07 Å². The van der Waals surface area contributed by atoms with Crippen LogP contribution >= 0.6 is 0 Å². The van der Waals surface area contributed by atoms with Gasteiger partial charge in [0.25, 0.3) is 5.69 Å². The maximum atomic E-state index is 10.6. The Morgan fingerprint density at radius 2 is 2.38 bits per heavy atom. The van der Waals surface area contributed by atoms with Crippen molar-refractivity contribution in [1.29, 1.82) is 5.26 Å². The molecule has 0 aromatic heterocycles. The van der Waals surface area contributed by atoms with Crippen molar-refractivity contribution in [2.24, 2.45) is 0 Å². The maximum Gasteiger partial charge on any atom is 0.287 e. The summed E-state index contributed by atoms with van der Waals surface area (Å²) in [5.74, 6) is 0. The molecule has 0 amide bonds. The summed E-state index contributed by atoms with van der Waals surface area (Å²) in [4.78, 5) is 10.0. The van der Waals surface area contributed by atoms with E-state index < -0.39 is 4.92 Å². The highest BCUT2D eigenvalue weighted by Crippen LogP contribution is 2.21. The molecule has 5 nitrogen and oxygen atoms in total. The molecule has 1 aromatic rings. The third kappa shape index (κ3) is 2.82. The van der Waals surface area contributed by atoms with E-state index in [2.05, 4.69) is 11.9 Å². The minimum Gasteiger partial charge on any atom is -0.381 e. The van der Waals surface area contributed by atoms with Gasteiger partial charge in [-0.05, 0) is 19.1 Å². The lowest BCUT2D eigenvalue weighted by atomic mass is 10.1. The first-order chi connectivity index (χ1) is 7.54. The molecule has 1 rings (SSSR count). The third-order valence-electron chi connectivity index (χ3n) is 1.91. The van der Waals surface area contributed by atoms with Crippen molar-refractivity contribution in [2.75, 3.05) is 11.9 Å². The molecule has 1 N–H and O–H groups in total. The number of benzene rings is 1. The lowest BCUT2D eigenvalue weighted by Gasteiger charge is -2.05. The van der Waals surface area contributed by atoms with Crippen molar-refractivity contribution in [3.05, 3.63) is 46.0 Å². The van der Waals surface area contributed by atoms with E-state index in [1.165, 1.54) is 12.1 Å². The second-order valence-corrected chi connectivity index (χ2v) is 3.41. The molecular formula is C11H11N3O2. The normalized spacial score (nSPS) is 9.25. The van der Waals surface area contributed by atoms with Crippen LogP contribution in [-0.2, 0) is 0 Å². The topological polar surface area (TPSA) is 79.0 Å². The predicted molar refractivity (Wildman–Crippen MR) is 61.1 cm³/mol. The largest absolute Gasteiger partial charge is 0.381 e. The third-order valence-corrected chi connectivity index (χ3v) is 1.91. The Balaban J connectivity index is 2.96. The van der Waals surface area contributed by atoms with Crippen molar-refractivity contribution in [1.82, 2.24) is 0 Å². The summed E-state index contributed by atoms with van der Waals surface area (Å²) in [7, 11) is 0. The molecule has 5 heteroatoms. The highest BCUT2D eigenvalue weighted by molar-refractivity contribution is 5.58. The lowest BCUT2D eigenvalue weighted by Crippen LogP contribution is -2.02. The van der Waals surface area contributed by atoms with Gasteiger partial charge < -0.3 is 5.32 Å². The van der Waals surface area contributed by atoms with E-state index in [-0.39, 0.29) is 11.3 Å². The maximum absolute atomic E-state index is 10.6. The molecule has 0 fully saturated rings. The molecule has 0 saturated heterocycles. The summed E-state index contributed by atoms with van der Waals surface area (Å²) in [6.45, 7) is 6.16. The zero-order chi connectivity index (χ0) is 12.1. The zero-order valence-corrected chi connectivity index (χ0v) is 8.86. The van der Waals surface area contributed by atoms with Crippen LogP contribution < -0.4 is 5.32 Å². The van der Waals surface area contributed by atoms with Crippen molar-refractivity contribution in [2.45, 2.75) is 6.92 Å². The molecule has 1 aromatic carbocycles. The number of hydrogen-bond acceptors (Lipinski definition) is 4. The van der Waals surface area contributed by atoms with E-state index in [1.807, 2.05) is 6.92 Å². The van der Waals surface area contributed by atoms with Gasteiger partial charge in [0.2, 0.25) is 0 Å². The Kier molecular flexibility index (Phi) is 3.62. The van der Waals surface area contributed by atoms with E-state index in [0.29, 0.717) is 12.2 Å². The number of nitriles is 1. The fraction of sp³-hybridized carbons (Fsp3) is 0.182. The number of hydrogen-bond donors (Lipinski definition) is 1. The minimum absolute atomic E-state index is 0.0525. The van der Waals surface area contributed by atoms with Gasteiger partial charge in [0, 0.05) is 18.3 Å².